The molecular formula is C40H31N2+. The molecule has 0 bridgehead atoms. The third kappa shape index (κ3) is 3.12. The van der Waals surface area contributed by atoms with E-state index in [0.717, 1.165) is 12.8 Å². The lowest BCUT2D eigenvalue weighted by molar-refractivity contribution is -0.617. The van der Waals surface area contributed by atoms with E-state index in [1.807, 2.05) is 0 Å². The highest BCUT2D eigenvalue weighted by molar-refractivity contribution is 6.15. The minimum Gasteiger partial charge on any atom is -0.344 e. The second-order valence-electron chi connectivity index (χ2n) is 11.9. The molecule has 0 saturated carbocycles. The van der Waals surface area contributed by atoms with Crippen molar-refractivity contribution in [3.8, 4) is 11.1 Å². The molecule has 2 nitrogen and oxygen atoms in total. The van der Waals surface area contributed by atoms with Crippen molar-refractivity contribution in [1.82, 2.24) is 0 Å². The molecule has 1 aliphatic carbocycles. The van der Waals surface area contributed by atoms with E-state index >= 15 is 0 Å². The standard InChI is InChI=1S/C40H31N2/c1-41-33-15-7-3-11-27(33)38(28-12-4-8-16-34(28)41)31-23-21-25-19-20-26-22-24-32(40(31)37(25)26)39-29-13-5-9-17-35(29)42(2)36-18-10-6-14-30(36)39/h3-18,21-24,38H,19-20H2,1-2H3/q+1. The van der Waals surface area contributed by atoms with Crippen LogP contribution in [0.5, 0.6) is 0 Å². The van der Waals surface area contributed by atoms with Gasteiger partial charge in [0.2, 0.25) is 11.0 Å². The van der Waals surface area contributed by atoms with Crippen LogP contribution < -0.4 is 9.47 Å². The first-order valence-corrected chi connectivity index (χ1v) is 15.0. The predicted molar refractivity (Wildman–Crippen MR) is 175 cm³/mol. The molecule has 2 heterocycles. The van der Waals surface area contributed by atoms with Crippen molar-refractivity contribution >= 4 is 44.0 Å². The van der Waals surface area contributed by atoms with E-state index in [-0.39, 0.29) is 5.92 Å². The zero-order chi connectivity index (χ0) is 27.9. The van der Waals surface area contributed by atoms with Gasteiger partial charge in [-0.3, -0.25) is 0 Å². The predicted octanol–water partition coefficient (Wildman–Crippen LogP) is 9.00. The first-order chi connectivity index (χ1) is 20.7. The molecule has 1 aromatic heterocycles. The average Bonchev–Trinajstić information content (AvgIpc) is 3.47. The Bertz CT molecular complexity index is 2130. The molecule has 2 heteroatoms. The van der Waals surface area contributed by atoms with Crippen LogP contribution in [-0.4, -0.2) is 7.05 Å². The Morgan fingerprint density at radius 1 is 0.548 bits per heavy atom. The first kappa shape index (κ1) is 23.7. The van der Waals surface area contributed by atoms with Gasteiger partial charge in [0.25, 0.3) is 0 Å². The number of aryl methyl sites for hydroxylation is 3. The summed E-state index contributed by atoms with van der Waals surface area (Å²) in [6.07, 6.45) is 2.22. The second kappa shape index (κ2) is 8.77. The third-order valence-electron chi connectivity index (χ3n) is 9.90. The molecule has 0 spiro atoms. The van der Waals surface area contributed by atoms with Crippen LogP contribution >= 0.6 is 0 Å². The topological polar surface area (TPSA) is 7.12 Å². The lowest BCUT2D eigenvalue weighted by Gasteiger charge is -2.36. The largest absolute Gasteiger partial charge is 0.344 e. The van der Waals surface area contributed by atoms with Crippen LogP contribution in [0.4, 0.5) is 11.4 Å². The van der Waals surface area contributed by atoms with Crippen LogP contribution in [0.15, 0.2) is 121 Å². The number of aromatic nitrogens is 1. The number of fused-ring (bicyclic) bond motifs is 4. The summed E-state index contributed by atoms with van der Waals surface area (Å²) >= 11 is 0. The summed E-state index contributed by atoms with van der Waals surface area (Å²) < 4.78 is 2.35. The number of anilines is 2. The van der Waals surface area contributed by atoms with E-state index in [4.69, 9.17) is 0 Å². The van der Waals surface area contributed by atoms with Crippen LogP contribution in [0.1, 0.15) is 33.7 Å². The summed E-state index contributed by atoms with van der Waals surface area (Å²) in [5.74, 6) is 0.148. The number of rotatable bonds is 2. The smallest absolute Gasteiger partial charge is 0.213 e. The molecule has 0 fully saturated rings. The third-order valence-corrected chi connectivity index (χ3v) is 9.90. The molecule has 0 unspecified atom stereocenters. The van der Waals surface area contributed by atoms with Gasteiger partial charge in [-0.15, -0.1) is 0 Å². The van der Waals surface area contributed by atoms with Gasteiger partial charge in [0.15, 0.2) is 0 Å². The molecule has 7 aromatic rings. The van der Waals surface area contributed by atoms with Gasteiger partial charge in [-0.2, -0.15) is 4.57 Å². The lowest BCUT2D eigenvalue weighted by Crippen LogP contribution is -2.30. The Hall–Kier alpha value is -4.95. The van der Waals surface area contributed by atoms with Crippen LogP contribution in [0, 0.1) is 0 Å². The highest BCUT2D eigenvalue weighted by atomic mass is 15.1. The normalized spacial score (nSPS) is 14.1. The van der Waals surface area contributed by atoms with Crippen molar-refractivity contribution in [1.29, 1.82) is 0 Å². The van der Waals surface area contributed by atoms with Crippen LogP contribution in [0.3, 0.4) is 0 Å². The minimum absolute atomic E-state index is 0.148. The van der Waals surface area contributed by atoms with Crippen molar-refractivity contribution < 1.29 is 4.57 Å². The molecule has 6 aromatic carbocycles. The van der Waals surface area contributed by atoms with E-state index in [0.29, 0.717) is 0 Å². The SMILES string of the molecule is CN1c2ccccc2C(c2ccc3c4c(ccc(-c5c6ccccc6[n+](C)c6ccccc56)c24)CC3)c2ccccc21. The number of benzene rings is 6. The van der Waals surface area contributed by atoms with Gasteiger partial charge in [-0.1, -0.05) is 84.9 Å². The van der Waals surface area contributed by atoms with Gasteiger partial charge < -0.3 is 4.90 Å². The number of hydrogen-bond donors (Lipinski definition) is 0. The number of nitrogens with zero attached hydrogens (tertiary/aromatic N) is 2. The second-order valence-corrected chi connectivity index (χ2v) is 11.9. The number of para-hydroxylation sites is 4. The molecule has 9 rings (SSSR count). The summed E-state index contributed by atoms with van der Waals surface area (Å²) in [6, 6.07) is 45.5. The monoisotopic (exact) mass is 539 g/mol. The molecule has 0 amide bonds. The maximum atomic E-state index is 2.45. The minimum atomic E-state index is 0.148. The van der Waals surface area contributed by atoms with Gasteiger partial charge >= 0.3 is 0 Å². The highest BCUT2D eigenvalue weighted by Gasteiger charge is 2.33. The molecule has 0 radical (unpaired) electrons. The Kier molecular flexibility index (Phi) is 4.96. The van der Waals surface area contributed by atoms with Crippen LogP contribution in [0.2, 0.25) is 0 Å². The summed E-state index contributed by atoms with van der Waals surface area (Å²) in [7, 11) is 4.40. The first-order valence-electron chi connectivity index (χ1n) is 15.0. The maximum absolute atomic E-state index is 2.45. The number of hydrogen-bond acceptors (Lipinski definition) is 1. The Morgan fingerprint density at radius 2 is 1.07 bits per heavy atom. The molecule has 1 aliphatic heterocycles. The summed E-state index contributed by atoms with van der Waals surface area (Å²) in [6.45, 7) is 0. The number of pyridine rings is 1. The highest BCUT2D eigenvalue weighted by Crippen LogP contribution is 2.52. The average molecular weight is 540 g/mol. The van der Waals surface area contributed by atoms with Crippen molar-refractivity contribution in [2.24, 2.45) is 7.05 Å². The summed E-state index contributed by atoms with van der Waals surface area (Å²) in [5, 5.41) is 5.49. The quantitative estimate of drug-likeness (QED) is 0.157. The fraction of sp³-hybridized carbons (Fsp3) is 0.125. The molecular weight excluding hydrogens is 508 g/mol. The summed E-state index contributed by atoms with van der Waals surface area (Å²) in [5.41, 5.74) is 14.9. The molecule has 0 N–H and O–H groups in total. The fourth-order valence-electron chi connectivity index (χ4n) is 8.03. The van der Waals surface area contributed by atoms with E-state index in [1.165, 1.54) is 82.9 Å². The van der Waals surface area contributed by atoms with Gasteiger partial charge in [-0.05, 0) is 81.3 Å². The maximum Gasteiger partial charge on any atom is 0.213 e. The lowest BCUT2D eigenvalue weighted by atomic mass is 9.76. The Balaban J connectivity index is 1.46. The van der Waals surface area contributed by atoms with Gasteiger partial charge in [0.05, 0.1) is 10.8 Å². The van der Waals surface area contributed by atoms with Crippen molar-refractivity contribution in [2.45, 2.75) is 18.8 Å². The van der Waals surface area contributed by atoms with E-state index in [9.17, 15) is 0 Å². The van der Waals surface area contributed by atoms with Crippen LogP contribution in [-0.2, 0) is 19.9 Å². The van der Waals surface area contributed by atoms with Gasteiger partial charge in [0.1, 0.15) is 7.05 Å². The van der Waals surface area contributed by atoms with Crippen molar-refractivity contribution in [2.75, 3.05) is 11.9 Å². The van der Waals surface area contributed by atoms with Crippen molar-refractivity contribution in [3.05, 3.63) is 149 Å². The molecule has 2 aliphatic rings. The molecule has 0 atom stereocenters. The van der Waals surface area contributed by atoms with E-state index < -0.39 is 0 Å². The van der Waals surface area contributed by atoms with Gasteiger partial charge in [-0.25, -0.2) is 0 Å². The van der Waals surface area contributed by atoms with Crippen LogP contribution in [0.25, 0.3) is 43.7 Å². The molecule has 200 valence electrons. The molecule has 0 saturated heterocycles. The van der Waals surface area contributed by atoms with E-state index in [2.05, 4.69) is 145 Å². The van der Waals surface area contributed by atoms with E-state index in [1.54, 1.807) is 0 Å². The van der Waals surface area contributed by atoms with Crippen molar-refractivity contribution in [3.63, 3.8) is 0 Å². The zero-order valence-electron chi connectivity index (χ0n) is 23.9. The zero-order valence-corrected chi connectivity index (χ0v) is 23.9. The van der Waals surface area contributed by atoms with Gasteiger partial charge in [0, 0.05) is 42.0 Å². The Labute approximate surface area is 246 Å². The Morgan fingerprint density at radius 3 is 1.69 bits per heavy atom. The summed E-state index contributed by atoms with van der Waals surface area (Å²) in [4.78, 5) is 2.36. The fourth-order valence-corrected chi connectivity index (χ4v) is 8.03. The molecule has 42 heavy (non-hydrogen) atoms.